The fourth-order valence-corrected chi connectivity index (χ4v) is 3.47. The van der Waals surface area contributed by atoms with Gasteiger partial charge in [0.1, 0.15) is 0 Å². The van der Waals surface area contributed by atoms with Gasteiger partial charge >= 0.3 is 0 Å². The van der Waals surface area contributed by atoms with E-state index in [9.17, 15) is 4.79 Å². The first-order valence-corrected chi connectivity index (χ1v) is 8.48. The van der Waals surface area contributed by atoms with Gasteiger partial charge in [-0.1, -0.05) is 6.42 Å². The monoisotopic (exact) mass is 297 g/mol. The number of carbonyl (C=O) groups is 1. The quantitative estimate of drug-likeness (QED) is 0.662. The first-order valence-electron chi connectivity index (χ1n) is 6.73. The molecular weight excluding hydrogens is 278 g/mol. The van der Waals surface area contributed by atoms with Gasteiger partial charge in [0.15, 0.2) is 0 Å². The Morgan fingerprint density at radius 1 is 1.32 bits per heavy atom. The molecule has 2 rings (SSSR count). The van der Waals surface area contributed by atoms with E-state index in [1.54, 1.807) is 11.8 Å². The van der Waals surface area contributed by atoms with E-state index in [4.69, 9.17) is 11.6 Å². The van der Waals surface area contributed by atoms with Gasteiger partial charge in [0.05, 0.1) is 0 Å². The minimum Gasteiger partial charge on any atom is -0.352 e. The van der Waals surface area contributed by atoms with Crippen molar-refractivity contribution in [2.24, 2.45) is 11.8 Å². The highest BCUT2D eigenvalue weighted by atomic mass is 35.5. The third-order valence-corrected chi connectivity index (χ3v) is 5.03. The molecule has 0 heterocycles. The molecule has 1 aliphatic rings. The number of alkyl halides is 1. The highest BCUT2D eigenvalue weighted by molar-refractivity contribution is 7.98. The Morgan fingerprint density at radius 2 is 2.00 bits per heavy atom. The van der Waals surface area contributed by atoms with Crippen molar-refractivity contribution in [3.63, 3.8) is 0 Å². The van der Waals surface area contributed by atoms with Crippen LogP contribution in [0.25, 0.3) is 0 Å². The second-order valence-corrected chi connectivity index (χ2v) is 6.23. The molecule has 1 aliphatic carbocycles. The number of hydrogen-bond donors (Lipinski definition) is 1. The van der Waals surface area contributed by atoms with Gasteiger partial charge in [-0.25, -0.2) is 0 Å². The number of benzene rings is 1. The molecule has 2 atom stereocenters. The van der Waals surface area contributed by atoms with Crippen molar-refractivity contribution in [1.82, 2.24) is 5.32 Å². The number of hydrogen-bond acceptors (Lipinski definition) is 2. The molecule has 0 aliphatic heterocycles. The van der Waals surface area contributed by atoms with Gasteiger partial charge in [-0.2, -0.15) is 0 Å². The van der Waals surface area contributed by atoms with Crippen LogP contribution in [0.1, 0.15) is 29.6 Å². The average molecular weight is 298 g/mol. The highest BCUT2D eigenvalue weighted by Crippen LogP contribution is 2.31. The van der Waals surface area contributed by atoms with Crippen molar-refractivity contribution >= 4 is 29.3 Å². The van der Waals surface area contributed by atoms with E-state index >= 15 is 0 Å². The molecule has 104 valence electrons. The molecule has 19 heavy (non-hydrogen) atoms. The molecule has 1 aromatic rings. The molecule has 1 fully saturated rings. The predicted octanol–water partition coefficient (Wildman–Crippen LogP) is 3.79. The molecular formula is C15H20ClNOS. The molecule has 2 nitrogen and oxygen atoms in total. The van der Waals surface area contributed by atoms with Gasteiger partial charge in [0.2, 0.25) is 0 Å². The maximum atomic E-state index is 12.0. The third-order valence-electron chi connectivity index (χ3n) is 3.89. The summed E-state index contributed by atoms with van der Waals surface area (Å²) in [6.07, 6.45) is 5.65. The largest absolute Gasteiger partial charge is 0.352 e. The Hall–Kier alpha value is -0.670. The van der Waals surface area contributed by atoms with Crippen molar-refractivity contribution in [3.8, 4) is 0 Å². The van der Waals surface area contributed by atoms with Crippen LogP contribution < -0.4 is 5.32 Å². The first-order chi connectivity index (χ1) is 9.24. The van der Waals surface area contributed by atoms with Gasteiger partial charge in [0, 0.05) is 22.9 Å². The molecule has 0 bridgehead atoms. The second kappa shape index (κ2) is 7.20. The number of halogens is 1. The lowest BCUT2D eigenvalue weighted by molar-refractivity contribution is 0.0944. The lowest BCUT2D eigenvalue weighted by atomic mass is 9.98. The smallest absolute Gasteiger partial charge is 0.251 e. The summed E-state index contributed by atoms with van der Waals surface area (Å²) in [6.45, 7) is 0.750. The van der Waals surface area contributed by atoms with Crippen molar-refractivity contribution < 1.29 is 4.79 Å². The number of amides is 1. The molecule has 0 aromatic heterocycles. The zero-order chi connectivity index (χ0) is 13.7. The normalized spacial score (nSPS) is 22.4. The molecule has 2 unspecified atom stereocenters. The van der Waals surface area contributed by atoms with Crippen molar-refractivity contribution in [3.05, 3.63) is 29.8 Å². The van der Waals surface area contributed by atoms with Crippen molar-refractivity contribution in [2.45, 2.75) is 24.2 Å². The standard InChI is InChI=1S/C15H20ClNOS/c1-19-14-7-5-11(6-8-14)15(18)17-10-13-4-2-3-12(13)9-16/h5-8,12-13H,2-4,9-10H2,1H3,(H,17,18). The lowest BCUT2D eigenvalue weighted by Crippen LogP contribution is -2.31. The van der Waals surface area contributed by atoms with Crippen LogP contribution in [0.5, 0.6) is 0 Å². The summed E-state index contributed by atoms with van der Waals surface area (Å²) >= 11 is 7.63. The van der Waals surface area contributed by atoms with Gasteiger partial charge in [-0.3, -0.25) is 4.79 Å². The van der Waals surface area contributed by atoms with Crippen LogP contribution in [0, 0.1) is 11.8 Å². The van der Waals surface area contributed by atoms with Crippen LogP contribution in [0.4, 0.5) is 0 Å². The van der Waals surface area contributed by atoms with E-state index in [1.165, 1.54) is 24.2 Å². The zero-order valence-corrected chi connectivity index (χ0v) is 12.8. The molecule has 4 heteroatoms. The summed E-state index contributed by atoms with van der Waals surface area (Å²) in [6, 6.07) is 7.73. The molecule has 1 saturated carbocycles. The Balaban J connectivity index is 1.86. The number of carbonyl (C=O) groups excluding carboxylic acids is 1. The Kier molecular flexibility index (Phi) is 5.59. The van der Waals surface area contributed by atoms with Crippen molar-refractivity contribution in [1.29, 1.82) is 0 Å². The topological polar surface area (TPSA) is 29.1 Å². The van der Waals surface area contributed by atoms with Gasteiger partial charge in [-0.15, -0.1) is 23.4 Å². The van der Waals surface area contributed by atoms with Crippen LogP contribution in [-0.4, -0.2) is 24.6 Å². The zero-order valence-electron chi connectivity index (χ0n) is 11.2. The summed E-state index contributed by atoms with van der Waals surface area (Å²) in [5.74, 6) is 1.85. The fraction of sp³-hybridized carbons (Fsp3) is 0.533. The fourth-order valence-electron chi connectivity index (χ4n) is 2.65. The van der Waals surface area contributed by atoms with Crippen LogP contribution in [-0.2, 0) is 0 Å². The third kappa shape index (κ3) is 3.90. The van der Waals surface area contributed by atoms with Crippen LogP contribution in [0.2, 0.25) is 0 Å². The van der Waals surface area contributed by atoms with Crippen LogP contribution >= 0.6 is 23.4 Å². The maximum Gasteiger partial charge on any atom is 0.251 e. The molecule has 1 amide bonds. The molecule has 0 saturated heterocycles. The summed E-state index contributed by atoms with van der Waals surface area (Å²) in [5.41, 5.74) is 0.734. The average Bonchev–Trinajstić information content (AvgIpc) is 2.92. The lowest BCUT2D eigenvalue weighted by Gasteiger charge is -2.17. The Labute approximate surface area is 124 Å². The van der Waals surface area contributed by atoms with Gasteiger partial charge in [0.25, 0.3) is 5.91 Å². The van der Waals surface area contributed by atoms with E-state index in [0.717, 1.165) is 12.1 Å². The maximum absolute atomic E-state index is 12.0. The Morgan fingerprint density at radius 3 is 2.63 bits per heavy atom. The summed E-state index contributed by atoms with van der Waals surface area (Å²) < 4.78 is 0. The van der Waals surface area contributed by atoms with Gasteiger partial charge in [-0.05, 0) is 55.2 Å². The molecule has 0 spiro atoms. The minimum atomic E-state index is 0.0212. The predicted molar refractivity (Wildman–Crippen MR) is 82.1 cm³/mol. The minimum absolute atomic E-state index is 0.0212. The van der Waals surface area contributed by atoms with Crippen molar-refractivity contribution in [2.75, 3.05) is 18.7 Å². The molecule has 0 radical (unpaired) electrons. The molecule has 1 N–H and O–H groups in total. The SMILES string of the molecule is CSc1ccc(C(=O)NCC2CCCC2CCl)cc1. The summed E-state index contributed by atoms with van der Waals surface area (Å²) in [7, 11) is 0. The first kappa shape index (κ1) is 14.7. The van der Waals surface area contributed by atoms with Crippen LogP contribution in [0.3, 0.4) is 0 Å². The highest BCUT2D eigenvalue weighted by Gasteiger charge is 2.26. The van der Waals surface area contributed by atoms with Gasteiger partial charge < -0.3 is 5.32 Å². The van der Waals surface area contributed by atoms with E-state index in [0.29, 0.717) is 17.7 Å². The summed E-state index contributed by atoms with van der Waals surface area (Å²) in [5, 5.41) is 3.04. The Bertz CT molecular complexity index is 421. The molecule has 1 aromatic carbocycles. The second-order valence-electron chi connectivity index (χ2n) is 5.04. The number of rotatable bonds is 5. The van der Waals surface area contributed by atoms with E-state index in [2.05, 4.69) is 5.32 Å². The number of thioether (sulfide) groups is 1. The number of nitrogens with one attached hydrogen (secondary N) is 1. The van der Waals surface area contributed by atoms with Crippen LogP contribution in [0.15, 0.2) is 29.2 Å². The van der Waals surface area contributed by atoms with E-state index in [1.807, 2.05) is 30.5 Å². The summed E-state index contributed by atoms with van der Waals surface area (Å²) in [4.78, 5) is 13.2. The van der Waals surface area contributed by atoms with E-state index < -0.39 is 0 Å². The van der Waals surface area contributed by atoms with E-state index in [-0.39, 0.29) is 5.91 Å².